The van der Waals surface area contributed by atoms with Gasteiger partial charge in [-0.1, -0.05) is 19.1 Å². The highest BCUT2D eigenvalue weighted by Crippen LogP contribution is 2.28. The molecule has 0 fully saturated rings. The van der Waals surface area contributed by atoms with Crippen LogP contribution < -0.4 is 15.8 Å². The van der Waals surface area contributed by atoms with E-state index in [1.165, 1.54) is 27.7 Å². The number of nitrogens with zero attached hydrogens (tertiary/aromatic N) is 4. The minimum Gasteiger partial charge on any atom is -0.501 e. The zero-order valence-electron chi connectivity index (χ0n) is 20.5. The summed E-state index contributed by atoms with van der Waals surface area (Å²) in [5.41, 5.74) is 0.00423. The van der Waals surface area contributed by atoms with Crippen LogP contribution >= 0.6 is 0 Å². The van der Waals surface area contributed by atoms with E-state index in [0.717, 1.165) is 0 Å². The van der Waals surface area contributed by atoms with Gasteiger partial charge in [-0.15, -0.1) is 0 Å². The Labute approximate surface area is 208 Å². The lowest BCUT2D eigenvalue weighted by molar-refractivity contribution is -0.128. The Kier molecular flexibility index (Phi) is 7.39. The first kappa shape index (κ1) is 25.4. The Morgan fingerprint density at radius 2 is 2.00 bits per heavy atom. The molecule has 2 atom stereocenters. The second-order valence-electron chi connectivity index (χ2n) is 8.98. The number of rotatable bonds is 1. The maximum atomic E-state index is 14.0. The molecule has 36 heavy (non-hydrogen) atoms. The van der Waals surface area contributed by atoms with Crippen LogP contribution in [0.15, 0.2) is 35.1 Å². The fourth-order valence-corrected chi connectivity index (χ4v) is 4.48. The lowest BCUT2D eigenvalue weighted by atomic mass is 10.1. The molecular formula is C25H30FN5O5. The number of hydrogen-bond donors (Lipinski definition) is 2. The van der Waals surface area contributed by atoms with Crippen LogP contribution in [0.1, 0.15) is 53.7 Å². The summed E-state index contributed by atoms with van der Waals surface area (Å²) >= 11 is 0. The maximum Gasteiger partial charge on any atom is 0.296 e. The van der Waals surface area contributed by atoms with Gasteiger partial charge in [0.2, 0.25) is 11.7 Å². The minimum absolute atomic E-state index is 0.0245. The van der Waals surface area contributed by atoms with Crippen molar-refractivity contribution in [3.63, 3.8) is 0 Å². The first-order valence-corrected chi connectivity index (χ1v) is 11.9. The van der Waals surface area contributed by atoms with Crippen LogP contribution in [0.2, 0.25) is 0 Å². The Morgan fingerprint density at radius 3 is 2.75 bits per heavy atom. The molecule has 0 saturated carbocycles. The summed E-state index contributed by atoms with van der Waals surface area (Å²) in [6, 6.07) is 3.06. The highest BCUT2D eigenvalue weighted by atomic mass is 19.1. The Morgan fingerprint density at radius 1 is 1.22 bits per heavy atom. The van der Waals surface area contributed by atoms with Crippen molar-refractivity contribution in [1.82, 2.24) is 19.8 Å². The van der Waals surface area contributed by atoms with Crippen LogP contribution in [0.5, 0.6) is 5.75 Å². The van der Waals surface area contributed by atoms with E-state index in [-0.39, 0.29) is 31.5 Å². The van der Waals surface area contributed by atoms with Gasteiger partial charge in [0.1, 0.15) is 17.7 Å². The number of carbonyl (C=O) groups is 2. The van der Waals surface area contributed by atoms with Crippen molar-refractivity contribution in [3.8, 4) is 5.75 Å². The molecule has 1 aromatic heterocycles. The van der Waals surface area contributed by atoms with Gasteiger partial charge >= 0.3 is 0 Å². The van der Waals surface area contributed by atoms with E-state index in [0.29, 0.717) is 30.6 Å². The molecule has 2 amide bonds. The van der Waals surface area contributed by atoms with Gasteiger partial charge in [-0.25, -0.2) is 9.37 Å². The first-order chi connectivity index (χ1) is 17.2. The molecule has 2 bridgehead atoms. The summed E-state index contributed by atoms with van der Waals surface area (Å²) in [6.45, 7) is 2.67. The van der Waals surface area contributed by atoms with E-state index in [4.69, 9.17) is 4.74 Å². The number of ether oxygens (including phenoxy) is 1. The van der Waals surface area contributed by atoms with Crippen LogP contribution in [-0.4, -0.2) is 65.2 Å². The molecule has 11 heteroatoms. The Bertz CT molecular complexity index is 1260. The molecule has 1 aromatic carbocycles. The van der Waals surface area contributed by atoms with Crippen LogP contribution in [-0.2, 0) is 16.1 Å². The van der Waals surface area contributed by atoms with Gasteiger partial charge < -0.3 is 25.0 Å². The molecule has 4 rings (SSSR count). The highest BCUT2D eigenvalue weighted by Gasteiger charge is 2.34. The van der Waals surface area contributed by atoms with Crippen LogP contribution in [0.25, 0.3) is 0 Å². The van der Waals surface area contributed by atoms with E-state index in [1.807, 2.05) is 11.8 Å². The predicted molar refractivity (Wildman–Crippen MR) is 130 cm³/mol. The normalized spacial score (nSPS) is 21.1. The van der Waals surface area contributed by atoms with Crippen molar-refractivity contribution in [2.45, 2.75) is 38.4 Å². The van der Waals surface area contributed by atoms with Crippen molar-refractivity contribution in [3.05, 3.63) is 63.6 Å². The van der Waals surface area contributed by atoms with E-state index >= 15 is 0 Å². The molecule has 2 N–H and O–H groups in total. The highest BCUT2D eigenvalue weighted by molar-refractivity contribution is 5.94. The maximum absolute atomic E-state index is 14.0. The summed E-state index contributed by atoms with van der Waals surface area (Å²) in [5.74, 6) is -2.12. The van der Waals surface area contributed by atoms with Crippen molar-refractivity contribution < 1.29 is 23.8 Å². The number of hydrogen-bond acceptors (Lipinski definition) is 7. The molecule has 10 nitrogen and oxygen atoms in total. The molecular weight excluding hydrogens is 469 g/mol. The Balaban J connectivity index is 1.85. The molecule has 2 unspecified atom stereocenters. The summed E-state index contributed by atoms with van der Waals surface area (Å²) in [5, 5.41) is 13.4. The first-order valence-electron chi connectivity index (χ1n) is 11.9. The van der Waals surface area contributed by atoms with Crippen molar-refractivity contribution in [2.24, 2.45) is 0 Å². The topological polar surface area (TPSA) is 117 Å². The molecule has 0 spiro atoms. The Hall–Kier alpha value is -3.73. The third-order valence-electron chi connectivity index (χ3n) is 6.66. The number of benzene rings is 1. The predicted octanol–water partition coefficient (Wildman–Crippen LogP) is 1.89. The van der Waals surface area contributed by atoms with Gasteiger partial charge in [-0.2, -0.15) is 0 Å². The quantitative estimate of drug-likeness (QED) is 0.616. The molecule has 192 valence electrons. The zero-order chi connectivity index (χ0) is 26.0. The monoisotopic (exact) mass is 499 g/mol. The third kappa shape index (κ3) is 4.83. The number of likely N-dealkylation sites (N-methyl/N-ethyl adjacent to an activating group) is 1. The zero-order valence-corrected chi connectivity index (χ0v) is 20.5. The summed E-state index contributed by atoms with van der Waals surface area (Å²) < 4.78 is 21.1. The number of aromatic nitrogens is 2. The molecule has 2 aromatic rings. The molecule has 2 aliphatic rings. The number of aromatic hydroxyl groups is 1. The van der Waals surface area contributed by atoms with Gasteiger partial charge in [0.25, 0.3) is 11.5 Å². The molecule has 2 aliphatic heterocycles. The summed E-state index contributed by atoms with van der Waals surface area (Å²) in [6.07, 6.45) is 4.20. The number of anilines is 1. The lowest BCUT2D eigenvalue weighted by Crippen LogP contribution is -2.39. The number of halogens is 1. The van der Waals surface area contributed by atoms with Gasteiger partial charge in [-0.3, -0.25) is 19.0 Å². The van der Waals surface area contributed by atoms with Gasteiger partial charge in [0, 0.05) is 32.9 Å². The second-order valence-corrected chi connectivity index (χ2v) is 8.98. The van der Waals surface area contributed by atoms with Gasteiger partial charge in [0.05, 0.1) is 19.3 Å². The standard InChI is InChI=1S/C25H30FN5O5/c1-4-17-13-36-14-19-23-28-21(22(33)25(35)31(17)23)24(34)27-12-15-8-9-16(26)11-18(15)29(2)10-6-5-7-20(32)30(19)3/h5,7-9,11,17,19,33H,4,6,10,12-14H2,1-3H3,(H,27,34). The fourth-order valence-electron chi connectivity index (χ4n) is 4.48. The average Bonchev–Trinajstić information content (AvgIpc) is 3.05. The van der Waals surface area contributed by atoms with E-state index in [2.05, 4.69) is 10.3 Å². The fraction of sp³-hybridized carbons (Fsp3) is 0.440. The summed E-state index contributed by atoms with van der Waals surface area (Å²) in [4.78, 5) is 47.0. The largest absolute Gasteiger partial charge is 0.501 e. The number of amides is 2. The molecule has 0 saturated heterocycles. The van der Waals surface area contributed by atoms with E-state index in [9.17, 15) is 23.9 Å². The van der Waals surface area contributed by atoms with Gasteiger partial charge in [0.15, 0.2) is 5.69 Å². The van der Waals surface area contributed by atoms with Crippen LogP contribution in [0, 0.1) is 5.82 Å². The third-order valence-corrected chi connectivity index (χ3v) is 6.66. The number of fused-ring (bicyclic) bond motifs is 2. The lowest BCUT2D eigenvalue weighted by Gasteiger charge is -2.28. The number of nitrogens with one attached hydrogen (secondary N) is 1. The smallest absolute Gasteiger partial charge is 0.296 e. The van der Waals surface area contributed by atoms with Crippen molar-refractivity contribution in [2.75, 3.05) is 38.8 Å². The molecule has 0 aliphatic carbocycles. The summed E-state index contributed by atoms with van der Waals surface area (Å²) in [7, 11) is 3.36. The van der Waals surface area contributed by atoms with Gasteiger partial charge in [-0.05, 0) is 36.6 Å². The average molecular weight is 500 g/mol. The number of carbonyl (C=O) groups excluding carboxylic acids is 2. The van der Waals surface area contributed by atoms with Crippen LogP contribution in [0.3, 0.4) is 0 Å². The van der Waals surface area contributed by atoms with Crippen molar-refractivity contribution in [1.29, 1.82) is 0 Å². The van der Waals surface area contributed by atoms with Crippen LogP contribution in [0.4, 0.5) is 10.1 Å². The minimum atomic E-state index is -0.776. The molecule has 3 heterocycles. The second kappa shape index (κ2) is 10.5. The SMILES string of the molecule is CCC1COCC2c3nc(c(O)c(=O)n31)C(=O)NCc1ccc(F)cc1N(C)CCC=CC(=O)N2C. The van der Waals surface area contributed by atoms with Crippen molar-refractivity contribution >= 4 is 17.5 Å². The van der Waals surface area contributed by atoms with E-state index < -0.39 is 40.8 Å². The van der Waals surface area contributed by atoms with E-state index in [1.54, 1.807) is 26.2 Å². The molecule has 0 radical (unpaired) electrons.